The van der Waals surface area contributed by atoms with E-state index >= 15 is 0 Å². The van der Waals surface area contributed by atoms with E-state index in [4.69, 9.17) is 21.1 Å². The molecule has 0 spiro atoms. The van der Waals surface area contributed by atoms with Crippen LogP contribution in [0.3, 0.4) is 0 Å². The molecule has 1 saturated heterocycles. The number of hydrogen-bond donors (Lipinski definition) is 3. The summed E-state index contributed by atoms with van der Waals surface area (Å²) in [5.41, 5.74) is 0.615. The van der Waals surface area contributed by atoms with E-state index in [2.05, 4.69) is 10.6 Å². The fraction of sp³-hybridized carbons (Fsp3) is 0.333. The Labute approximate surface area is 175 Å². The zero-order chi connectivity index (χ0) is 20.8. The monoisotopic (exact) mass is 443 g/mol. The maximum absolute atomic E-state index is 14.3. The van der Waals surface area contributed by atoms with E-state index in [0.717, 1.165) is 11.3 Å². The SMILES string of the molecule is O=C(NC[C@H](O)CNc1ccc(N2CCOCC2=O)cc1F)Oc1ccc(Cl)s1. The number of morpholine rings is 1. The van der Waals surface area contributed by atoms with Crippen LogP contribution in [0.5, 0.6) is 5.06 Å². The number of amides is 2. The Morgan fingerprint density at radius 1 is 1.38 bits per heavy atom. The Hall–Kier alpha value is -2.40. The largest absolute Gasteiger partial charge is 0.413 e. The molecule has 29 heavy (non-hydrogen) atoms. The molecular weight excluding hydrogens is 425 g/mol. The number of nitrogens with zero attached hydrogens (tertiary/aromatic N) is 1. The van der Waals surface area contributed by atoms with Crippen molar-refractivity contribution in [1.82, 2.24) is 5.32 Å². The standard InChI is InChI=1S/C18H19ClFN3O5S/c19-15-3-4-17(29-15)28-18(26)22-9-12(24)8-21-14-2-1-11(7-13(14)20)23-5-6-27-10-16(23)25/h1-4,7,12,21,24H,5-6,8-10H2,(H,22,26)/t12-/m1/s1. The second kappa shape index (κ2) is 9.88. The van der Waals surface area contributed by atoms with Gasteiger partial charge >= 0.3 is 6.09 Å². The van der Waals surface area contributed by atoms with Crippen LogP contribution < -0.4 is 20.3 Å². The fourth-order valence-electron chi connectivity index (χ4n) is 2.59. The third-order valence-corrected chi connectivity index (χ3v) is 5.11. The minimum Gasteiger partial charge on any atom is -0.399 e. The molecule has 1 aromatic heterocycles. The number of halogens is 2. The van der Waals surface area contributed by atoms with Crippen LogP contribution in [0.25, 0.3) is 0 Å². The molecule has 156 valence electrons. The summed E-state index contributed by atoms with van der Waals surface area (Å²) in [5, 5.41) is 15.5. The first-order valence-electron chi connectivity index (χ1n) is 8.73. The molecule has 1 aliphatic heterocycles. The normalized spacial score (nSPS) is 15.1. The van der Waals surface area contributed by atoms with Crippen molar-refractivity contribution in [1.29, 1.82) is 0 Å². The first-order valence-corrected chi connectivity index (χ1v) is 9.92. The Bertz CT molecular complexity index is 881. The van der Waals surface area contributed by atoms with Gasteiger partial charge in [0.15, 0.2) is 5.06 Å². The van der Waals surface area contributed by atoms with E-state index in [9.17, 15) is 19.1 Å². The van der Waals surface area contributed by atoms with Crippen LogP contribution in [-0.4, -0.2) is 56.1 Å². The molecule has 1 aromatic carbocycles. The molecule has 0 bridgehead atoms. The summed E-state index contributed by atoms with van der Waals surface area (Å²) in [6.45, 7) is 0.644. The summed E-state index contributed by atoms with van der Waals surface area (Å²) in [6.07, 6.45) is -1.71. The molecule has 2 amide bonds. The van der Waals surface area contributed by atoms with Gasteiger partial charge in [-0.2, -0.15) is 0 Å². The first-order chi connectivity index (χ1) is 13.9. The number of anilines is 2. The number of carbonyl (C=O) groups excluding carboxylic acids is 2. The molecule has 0 aliphatic carbocycles. The molecule has 0 saturated carbocycles. The lowest BCUT2D eigenvalue weighted by Gasteiger charge is -2.27. The predicted octanol–water partition coefficient (Wildman–Crippen LogP) is 2.47. The third kappa shape index (κ3) is 6.04. The number of benzene rings is 1. The highest BCUT2D eigenvalue weighted by atomic mass is 35.5. The van der Waals surface area contributed by atoms with Crippen molar-refractivity contribution < 1.29 is 28.6 Å². The number of aliphatic hydroxyl groups is 1. The Morgan fingerprint density at radius 2 is 2.21 bits per heavy atom. The molecule has 11 heteroatoms. The predicted molar refractivity (Wildman–Crippen MR) is 107 cm³/mol. The van der Waals surface area contributed by atoms with E-state index in [1.54, 1.807) is 18.2 Å². The molecule has 0 radical (unpaired) electrons. The maximum Gasteiger partial charge on any atom is 0.413 e. The van der Waals surface area contributed by atoms with Gasteiger partial charge in [-0.3, -0.25) is 4.79 Å². The Kier molecular flexibility index (Phi) is 7.26. The van der Waals surface area contributed by atoms with E-state index in [-0.39, 0.29) is 31.3 Å². The average Bonchev–Trinajstić information content (AvgIpc) is 3.10. The molecule has 2 aromatic rings. The van der Waals surface area contributed by atoms with Gasteiger partial charge in [0.25, 0.3) is 5.91 Å². The van der Waals surface area contributed by atoms with Gasteiger partial charge in [0.1, 0.15) is 12.4 Å². The lowest BCUT2D eigenvalue weighted by atomic mass is 10.2. The molecule has 3 N–H and O–H groups in total. The van der Waals surface area contributed by atoms with Crippen LogP contribution in [0.4, 0.5) is 20.6 Å². The van der Waals surface area contributed by atoms with Crippen molar-refractivity contribution >= 4 is 46.3 Å². The van der Waals surface area contributed by atoms with Gasteiger partial charge in [-0.1, -0.05) is 22.9 Å². The first kappa shape index (κ1) is 21.3. The highest BCUT2D eigenvalue weighted by molar-refractivity contribution is 7.17. The summed E-state index contributed by atoms with van der Waals surface area (Å²) in [7, 11) is 0. The van der Waals surface area contributed by atoms with Crippen LogP contribution in [0.1, 0.15) is 0 Å². The van der Waals surface area contributed by atoms with Gasteiger partial charge in [0, 0.05) is 25.3 Å². The lowest BCUT2D eigenvalue weighted by Crippen LogP contribution is -2.41. The molecule has 0 unspecified atom stereocenters. The second-order valence-electron chi connectivity index (χ2n) is 6.13. The van der Waals surface area contributed by atoms with E-state index in [1.165, 1.54) is 17.0 Å². The minimum absolute atomic E-state index is 0.00212. The molecule has 2 heterocycles. The van der Waals surface area contributed by atoms with Gasteiger partial charge < -0.3 is 30.1 Å². The van der Waals surface area contributed by atoms with Crippen LogP contribution in [-0.2, 0) is 9.53 Å². The topological polar surface area (TPSA) is 100 Å². The fourth-order valence-corrected chi connectivity index (χ4v) is 3.46. The molecule has 3 rings (SSSR count). The molecule has 8 nitrogen and oxygen atoms in total. The molecule has 1 atom stereocenters. The zero-order valence-corrected chi connectivity index (χ0v) is 16.8. The van der Waals surface area contributed by atoms with Gasteiger partial charge in [-0.15, -0.1) is 0 Å². The summed E-state index contributed by atoms with van der Waals surface area (Å²) in [6, 6.07) is 7.51. The summed E-state index contributed by atoms with van der Waals surface area (Å²) >= 11 is 6.85. The van der Waals surface area contributed by atoms with Crippen LogP contribution >= 0.6 is 22.9 Å². The van der Waals surface area contributed by atoms with Gasteiger partial charge in [-0.05, 0) is 30.3 Å². The zero-order valence-electron chi connectivity index (χ0n) is 15.2. The second-order valence-corrected chi connectivity index (χ2v) is 7.80. The van der Waals surface area contributed by atoms with Gasteiger partial charge in [-0.25, -0.2) is 9.18 Å². The number of rotatable bonds is 7. The minimum atomic E-state index is -0.977. The summed E-state index contributed by atoms with van der Waals surface area (Å²) < 4.78 is 24.9. The number of ether oxygens (including phenoxy) is 2. The van der Waals surface area contributed by atoms with E-state index in [0.29, 0.717) is 28.2 Å². The number of aliphatic hydroxyl groups excluding tert-OH is 1. The number of nitrogens with one attached hydrogen (secondary N) is 2. The maximum atomic E-state index is 14.3. The molecular formula is C18H19ClFN3O5S. The van der Waals surface area contributed by atoms with Crippen molar-refractivity contribution in [3.8, 4) is 5.06 Å². The van der Waals surface area contributed by atoms with E-state index < -0.39 is 18.0 Å². The Balaban J connectivity index is 1.45. The smallest absolute Gasteiger partial charge is 0.399 e. The highest BCUT2D eigenvalue weighted by Gasteiger charge is 2.21. The Morgan fingerprint density at radius 3 is 2.90 bits per heavy atom. The average molecular weight is 444 g/mol. The van der Waals surface area contributed by atoms with Crippen molar-refractivity contribution in [3.05, 3.63) is 40.5 Å². The van der Waals surface area contributed by atoms with Crippen molar-refractivity contribution in [2.75, 3.05) is 43.1 Å². The number of thiophene rings is 1. The van der Waals surface area contributed by atoms with Gasteiger partial charge in [0.05, 0.1) is 22.7 Å². The van der Waals surface area contributed by atoms with E-state index in [1.807, 2.05) is 0 Å². The quantitative estimate of drug-likeness (QED) is 0.608. The van der Waals surface area contributed by atoms with Crippen LogP contribution in [0.15, 0.2) is 30.3 Å². The molecule has 1 fully saturated rings. The van der Waals surface area contributed by atoms with Crippen molar-refractivity contribution in [2.24, 2.45) is 0 Å². The third-order valence-electron chi connectivity index (χ3n) is 4.00. The number of carbonyl (C=O) groups is 2. The molecule has 1 aliphatic rings. The number of hydrogen-bond acceptors (Lipinski definition) is 7. The van der Waals surface area contributed by atoms with Crippen molar-refractivity contribution in [3.63, 3.8) is 0 Å². The highest BCUT2D eigenvalue weighted by Crippen LogP contribution is 2.28. The van der Waals surface area contributed by atoms with Crippen LogP contribution in [0.2, 0.25) is 4.34 Å². The van der Waals surface area contributed by atoms with Gasteiger partial charge in [0.2, 0.25) is 0 Å². The summed E-state index contributed by atoms with van der Waals surface area (Å²) in [4.78, 5) is 25.0. The summed E-state index contributed by atoms with van der Waals surface area (Å²) in [5.74, 6) is -0.787. The lowest BCUT2D eigenvalue weighted by molar-refractivity contribution is -0.125. The van der Waals surface area contributed by atoms with Crippen LogP contribution in [0, 0.1) is 5.82 Å². The van der Waals surface area contributed by atoms with Crippen molar-refractivity contribution in [2.45, 2.75) is 6.10 Å².